The van der Waals surface area contributed by atoms with Gasteiger partial charge >= 0.3 is 10.4 Å². The van der Waals surface area contributed by atoms with Crippen molar-refractivity contribution in [3.8, 4) is 0 Å². The molecule has 0 aliphatic rings. The van der Waals surface area contributed by atoms with E-state index in [2.05, 4.69) is 4.18 Å². The molecule has 0 atom stereocenters. The van der Waals surface area contributed by atoms with E-state index in [1.165, 1.54) is 0 Å². The number of hydrogen-bond donors (Lipinski definition) is 3. The van der Waals surface area contributed by atoms with Crippen LogP contribution in [0, 0.1) is 5.92 Å². The first-order valence-electron chi connectivity index (χ1n) is 8.89. The maximum absolute atomic E-state index is 9.87. The molecule has 3 N–H and O–H groups in total. The Morgan fingerprint density at radius 3 is 1.30 bits per heavy atom. The summed E-state index contributed by atoms with van der Waals surface area (Å²) in [5.74, 6) is 0.104. The minimum atomic E-state index is -4.22. The Morgan fingerprint density at radius 2 is 1.11 bits per heavy atom. The van der Waals surface area contributed by atoms with Crippen LogP contribution >= 0.6 is 0 Å². The van der Waals surface area contributed by atoms with E-state index < -0.39 is 10.4 Å². The van der Waals surface area contributed by atoms with E-state index in [0.29, 0.717) is 39.6 Å². The van der Waals surface area contributed by atoms with Gasteiger partial charge in [0.25, 0.3) is 0 Å². The summed E-state index contributed by atoms with van der Waals surface area (Å²) in [6.45, 7) is 12.0. The summed E-state index contributed by atoms with van der Waals surface area (Å²) >= 11 is 0. The highest BCUT2D eigenvalue weighted by molar-refractivity contribution is 7.80. The third-order valence-electron chi connectivity index (χ3n) is 2.17. The van der Waals surface area contributed by atoms with Crippen LogP contribution in [0.5, 0.6) is 0 Å². The molecule has 10 nitrogen and oxygen atoms in total. The Morgan fingerprint density at radius 1 is 0.741 bits per heavy atom. The lowest BCUT2D eigenvalue weighted by atomic mass is 10.2. The lowest BCUT2D eigenvalue weighted by Gasteiger charge is -2.04. The maximum atomic E-state index is 9.87. The fourth-order valence-electron chi connectivity index (χ4n) is 1.10. The average Bonchev–Trinajstić information content (AvgIpc) is 2.60. The molecule has 0 saturated carbocycles. The SMILES string of the molecule is CC(C)COS(=O)(=O)O.CCOCC.OCCOCCOCCOCCO. The predicted molar refractivity (Wildman–Crippen MR) is 101 cm³/mol. The molecule has 27 heavy (non-hydrogen) atoms. The number of aliphatic hydroxyl groups excluding tert-OH is 2. The van der Waals surface area contributed by atoms with Crippen LogP contribution in [0.1, 0.15) is 27.7 Å². The average molecular weight is 423 g/mol. The van der Waals surface area contributed by atoms with Crippen LogP contribution in [0.25, 0.3) is 0 Å². The van der Waals surface area contributed by atoms with Crippen molar-refractivity contribution < 1.29 is 46.3 Å². The Balaban J connectivity index is -0.000000356. The highest BCUT2D eigenvalue weighted by Crippen LogP contribution is 1.95. The van der Waals surface area contributed by atoms with Gasteiger partial charge < -0.3 is 29.2 Å². The summed E-state index contributed by atoms with van der Waals surface area (Å²) < 4.78 is 51.6. The lowest BCUT2D eigenvalue weighted by molar-refractivity contribution is 0.00230. The second-order valence-corrected chi connectivity index (χ2v) is 6.26. The molecule has 0 aliphatic carbocycles. The Kier molecular flexibility index (Phi) is 29.7. The van der Waals surface area contributed by atoms with Crippen molar-refractivity contribution in [3.05, 3.63) is 0 Å². The molecule has 168 valence electrons. The van der Waals surface area contributed by atoms with Gasteiger partial charge in [-0.1, -0.05) is 13.8 Å². The summed E-state index contributed by atoms with van der Waals surface area (Å²) in [5.41, 5.74) is 0. The molecular formula is C16H38O10S. The van der Waals surface area contributed by atoms with Gasteiger partial charge in [0.1, 0.15) is 0 Å². The molecular weight excluding hydrogens is 384 g/mol. The Hall–Kier alpha value is -0.370. The normalized spacial score (nSPS) is 10.8. The molecule has 0 aliphatic heterocycles. The molecule has 0 spiro atoms. The highest BCUT2D eigenvalue weighted by Gasteiger charge is 2.04. The van der Waals surface area contributed by atoms with Gasteiger partial charge in [-0.05, 0) is 19.8 Å². The van der Waals surface area contributed by atoms with Crippen molar-refractivity contribution in [1.82, 2.24) is 0 Å². The van der Waals surface area contributed by atoms with E-state index in [-0.39, 0.29) is 25.7 Å². The zero-order valence-corrected chi connectivity index (χ0v) is 17.8. The van der Waals surface area contributed by atoms with Gasteiger partial charge in [0.2, 0.25) is 0 Å². The molecule has 0 heterocycles. The molecule has 11 heteroatoms. The predicted octanol–water partition coefficient (Wildman–Crippen LogP) is 0.525. The summed E-state index contributed by atoms with van der Waals surface area (Å²) in [4.78, 5) is 0. The van der Waals surface area contributed by atoms with Crippen molar-refractivity contribution in [2.24, 2.45) is 5.92 Å². The molecule has 0 amide bonds. The molecule has 0 aromatic rings. The topological polar surface area (TPSA) is 141 Å². The van der Waals surface area contributed by atoms with Crippen LogP contribution in [-0.4, -0.2) is 95.9 Å². The lowest BCUT2D eigenvalue weighted by Crippen LogP contribution is -2.11. The first kappa shape index (κ1) is 31.3. The Labute approximate surface area is 163 Å². The first-order chi connectivity index (χ1) is 12.7. The fraction of sp³-hybridized carbons (Fsp3) is 1.00. The van der Waals surface area contributed by atoms with Crippen molar-refractivity contribution in [2.75, 3.05) is 72.7 Å². The minimum absolute atomic E-state index is 0.0266. The van der Waals surface area contributed by atoms with Gasteiger partial charge in [0, 0.05) is 13.2 Å². The number of ether oxygens (including phenoxy) is 4. The quantitative estimate of drug-likeness (QED) is 0.253. The van der Waals surface area contributed by atoms with E-state index >= 15 is 0 Å². The third kappa shape index (κ3) is 46.0. The second kappa shape index (κ2) is 25.6. The van der Waals surface area contributed by atoms with Crippen molar-refractivity contribution in [3.63, 3.8) is 0 Å². The summed E-state index contributed by atoms with van der Waals surface area (Å²) in [5, 5.41) is 16.7. The van der Waals surface area contributed by atoms with E-state index in [4.69, 9.17) is 33.7 Å². The van der Waals surface area contributed by atoms with Crippen molar-refractivity contribution in [2.45, 2.75) is 27.7 Å². The van der Waals surface area contributed by atoms with Crippen LogP contribution in [0.15, 0.2) is 0 Å². The van der Waals surface area contributed by atoms with Gasteiger partial charge in [0.05, 0.1) is 59.5 Å². The van der Waals surface area contributed by atoms with Crippen LogP contribution in [-0.2, 0) is 33.5 Å². The monoisotopic (exact) mass is 422 g/mol. The fourth-order valence-corrected chi connectivity index (χ4v) is 1.54. The highest BCUT2D eigenvalue weighted by atomic mass is 32.3. The molecule has 0 radical (unpaired) electrons. The summed E-state index contributed by atoms with van der Waals surface area (Å²) in [6.07, 6.45) is 0. The van der Waals surface area contributed by atoms with Crippen LogP contribution in [0.2, 0.25) is 0 Å². The van der Waals surface area contributed by atoms with Crippen LogP contribution in [0.4, 0.5) is 0 Å². The zero-order chi connectivity index (χ0) is 21.4. The van der Waals surface area contributed by atoms with Gasteiger partial charge in [-0.2, -0.15) is 8.42 Å². The number of rotatable bonds is 15. The molecule has 0 aromatic heterocycles. The number of aliphatic hydroxyl groups is 2. The molecule has 0 saturated heterocycles. The van der Waals surface area contributed by atoms with Crippen molar-refractivity contribution >= 4 is 10.4 Å². The molecule has 0 fully saturated rings. The summed E-state index contributed by atoms with van der Waals surface area (Å²) in [6, 6.07) is 0. The standard InChI is InChI=1S/C8H18O5.C4H10O4S.C4H10O/c9-1-3-11-5-7-13-8-6-12-4-2-10;1-4(2)3-8-9(5,6)7;1-3-5-4-2/h9-10H,1-8H2;4H,3H2,1-2H3,(H,5,6,7);3-4H2,1-2H3. The molecule has 0 rings (SSSR count). The van der Waals surface area contributed by atoms with Crippen LogP contribution < -0.4 is 0 Å². The molecule has 0 aromatic carbocycles. The van der Waals surface area contributed by atoms with Crippen LogP contribution in [0.3, 0.4) is 0 Å². The minimum Gasteiger partial charge on any atom is -0.394 e. The van der Waals surface area contributed by atoms with Gasteiger partial charge in [-0.15, -0.1) is 0 Å². The maximum Gasteiger partial charge on any atom is 0.397 e. The molecule has 0 bridgehead atoms. The summed E-state index contributed by atoms with van der Waals surface area (Å²) in [7, 11) is -4.22. The van der Waals surface area contributed by atoms with E-state index in [9.17, 15) is 8.42 Å². The van der Waals surface area contributed by atoms with E-state index in [0.717, 1.165) is 13.2 Å². The van der Waals surface area contributed by atoms with Gasteiger partial charge in [0.15, 0.2) is 0 Å². The first-order valence-corrected chi connectivity index (χ1v) is 10.3. The number of hydrogen-bond acceptors (Lipinski definition) is 9. The zero-order valence-electron chi connectivity index (χ0n) is 17.0. The molecule has 0 unspecified atom stereocenters. The third-order valence-corrected chi connectivity index (χ3v) is 2.61. The van der Waals surface area contributed by atoms with E-state index in [1.807, 2.05) is 13.8 Å². The second-order valence-electron chi connectivity index (χ2n) is 5.17. The van der Waals surface area contributed by atoms with Crippen molar-refractivity contribution in [1.29, 1.82) is 0 Å². The van der Waals surface area contributed by atoms with E-state index in [1.54, 1.807) is 13.8 Å². The largest absolute Gasteiger partial charge is 0.397 e. The van der Waals surface area contributed by atoms with Gasteiger partial charge in [-0.3, -0.25) is 4.55 Å². The Bertz CT molecular complexity index is 337. The van der Waals surface area contributed by atoms with Gasteiger partial charge in [-0.25, -0.2) is 4.18 Å². The smallest absolute Gasteiger partial charge is 0.394 e.